The van der Waals surface area contributed by atoms with Crippen LogP contribution < -0.4 is 5.73 Å². The largest absolute Gasteiger partial charge is 0.399 e. The summed E-state index contributed by atoms with van der Waals surface area (Å²) in [5.74, 6) is 0. The Morgan fingerprint density at radius 3 is 1.44 bits per heavy atom. The summed E-state index contributed by atoms with van der Waals surface area (Å²) in [4.78, 5) is 0. The molecule has 0 atom stereocenters. The van der Waals surface area contributed by atoms with E-state index in [0.29, 0.717) is 0 Å². The first kappa shape index (κ1) is 22.9. The summed E-state index contributed by atoms with van der Waals surface area (Å²) in [6.07, 6.45) is 0. The number of rotatable bonds is 1. The van der Waals surface area contributed by atoms with E-state index in [1.165, 1.54) is 77.9 Å². The fraction of sp³-hybridized carbons (Fsp3) is 0.100. The topological polar surface area (TPSA) is 26.0 Å². The number of fused-ring (bicyclic) bond motifs is 13. The van der Waals surface area contributed by atoms with Crippen LogP contribution in [0.4, 0.5) is 5.69 Å². The van der Waals surface area contributed by atoms with Crippen molar-refractivity contribution in [1.29, 1.82) is 0 Å². The van der Waals surface area contributed by atoms with E-state index >= 15 is 0 Å². The van der Waals surface area contributed by atoms with Gasteiger partial charge in [0.1, 0.15) is 0 Å². The van der Waals surface area contributed by atoms with Gasteiger partial charge in [-0.3, -0.25) is 0 Å². The summed E-state index contributed by atoms with van der Waals surface area (Å²) in [5.41, 5.74) is 25.5. The number of hydrogen-bond acceptors (Lipinski definition) is 1. The SMILES string of the molecule is CC1(C)c2ccccc2-c2ccc(-c3cc(N)cc4c3C3(c5ccccc5-c5ccccc53)c3ccccc3-4)cc21. The molecule has 3 aliphatic carbocycles. The zero-order chi connectivity index (χ0) is 27.5. The molecule has 6 aromatic carbocycles. The minimum absolute atomic E-state index is 0.0708. The second-order valence-electron chi connectivity index (χ2n) is 12.3. The normalized spacial score (nSPS) is 15.6. The smallest absolute Gasteiger partial charge is 0.0731 e. The van der Waals surface area contributed by atoms with Crippen LogP contribution in [0.1, 0.15) is 47.2 Å². The summed E-state index contributed by atoms with van der Waals surface area (Å²) < 4.78 is 0. The Kier molecular flexibility index (Phi) is 4.27. The maximum absolute atomic E-state index is 6.74. The number of benzene rings is 6. The average Bonchev–Trinajstić information content (AvgIpc) is 3.56. The van der Waals surface area contributed by atoms with Crippen molar-refractivity contribution in [2.45, 2.75) is 24.7 Å². The monoisotopic (exact) mass is 523 g/mol. The molecular weight excluding hydrogens is 494 g/mol. The van der Waals surface area contributed by atoms with Gasteiger partial charge in [0.25, 0.3) is 0 Å². The maximum Gasteiger partial charge on any atom is 0.0731 e. The number of anilines is 1. The number of nitrogens with two attached hydrogens (primary N) is 1. The Bertz CT molecular complexity index is 2050. The van der Waals surface area contributed by atoms with Crippen molar-refractivity contribution in [3.8, 4) is 44.5 Å². The van der Waals surface area contributed by atoms with E-state index in [9.17, 15) is 0 Å². The molecule has 0 bridgehead atoms. The lowest BCUT2D eigenvalue weighted by Crippen LogP contribution is -2.26. The van der Waals surface area contributed by atoms with Gasteiger partial charge in [0, 0.05) is 11.1 Å². The zero-order valence-corrected chi connectivity index (χ0v) is 23.2. The maximum atomic E-state index is 6.74. The molecule has 1 spiro atoms. The van der Waals surface area contributed by atoms with E-state index < -0.39 is 5.41 Å². The molecule has 1 heteroatoms. The van der Waals surface area contributed by atoms with E-state index in [2.05, 4.69) is 141 Å². The minimum atomic E-state index is -0.403. The van der Waals surface area contributed by atoms with E-state index in [4.69, 9.17) is 5.73 Å². The summed E-state index contributed by atoms with van der Waals surface area (Å²) >= 11 is 0. The fourth-order valence-corrected chi connectivity index (χ4v) is 8.35. The summed E-state index contributed by atoms with van der Waals surface area (Å²) in [6, 6.07) is 47.3. The van der Waals surface area contributed by atoms with Crippen molar-refractivity contribution >= 4 is 5.69 Å². The first-order chi connectivity index (χ1) is 20.0. The standard InChI is InChI=1S/C40H29N/c1-39(2)33-15-7-3-11-26(33)30-20-19-24(21-37(30)39)31-22-25(41)23-32-29-14-6-10-18-36(29)40(38(31)32)34-16-8-4-12-27(34)28-13-5-9-17-35(28)40/h3-23H,41H2,1-2H3. The number of hydrogen-bond donors (Lipinski definition) is 1. The van der Waals surface area contributed by atoms with Crippen molar-refractivity contribution in [2.75, 3.05) is 5.73 Å². The van der Waals surface area contributed by atoms with Crippen LogP contribution >= 0.6 is 0 Å². The molecule has 1 nitrogen and oxygen atoms in total. The van der Waals surface area contributed by atoms with Gasteiger partial charge in [-0.25, -0.2) is 0 Å². The molecular formula is C40H29N. The minimum Gasteiger partial charge on any atom is -0.399 e. The fourth-order valence-electron chi connectivity index (χ4n) is 8.35. The molecule has 9 rings (SSSR count). The lowest BCUT2D eigenvalue weighted by molar-refractivity contribution is 0.660. The molecule has 41 heavy (non-hydrogen) atoms. The predicted octanol–water partition coefficient (Wildman–Crippen LogP) is 9.59. The van der Waals surface area contributed by atoms with Crippen molar-refractivity contribution in [2.24, 2.45) is 0 Å². The van der Waals surface area contributed by atoms with Crippen molar-refractivity contribution in [3.05, 3.63) is 161 Å². The van der Waals surface area contributed by atoms with Gasteiger partial charge >= 0.3 is 0 Å². The van der Waals surface area contributed by atoms with Crippen LogP contribution in [-0.4, -0.2) is 0 Å². The molecule has 3 aliphatic rings. The molecule has 0 radical (unpaired) electrons. The highest BCUT2D eigenvalue weighted by Gasteiger charge is 2.52. The van der Waals surface area contributed by atoms with Crippen molar-refractivity contribution in [3.63, 3.8) is 0 Å². The molecule has 194 valence electrons. The summed E-state index contributed by atoms with van der Waals surface area (Å²) in [6.45, 7) is 4.71. The molecule has 0 amide bonds. The average molecular weight is 524 g/mol. The second-order valence-corrected chi connectivity index (χ2v) is 12.3. The summed E-state index contributed by atoms with van der Waals surface area (Å²) in [7, 11) is 0. The van der Waals surface area contributed by atoms with Crippen LogP contribution in [0.15, 0.2) is 127 Å². The molecule has 0 heterocycles. The van der Waals surface area contributed by atoms with Crippen LogP contribution in [-0.2, 0) is 10.8 Å². The molecule has 0 aromatic heterocycles. The third-order valence-electron chi connectivity index (χ3n) is 10.0. The Hall–Kier alpha value is -4.88. The van der Waals surface area contributed by atoms with E-state index in [-0.39, 0.29) is 5.41 Å². The van der Waals surface area contributed by atoms with Crippen LogP contribution in [0, 0.1) is 0 Å². The van der Waals surface area contributed by atoms with Gasteiger partial charge in [0.15, 0.2) is 0 Å². The van der Waals surface area contributed by atoms with Gasteiger partial charge in [0.05, 0.1) is 5.41 Å². The van der Waals surface area contributed by atoms with Crippen LogP contribution in [0.5, 0.6) is 0 Å². The number of nitrogen functional groups attached to an aromatic ring is 1. The highest BCUT2D eigenvalue weighted by Crippen LogP contribution is 2.65. The zero-order valence-electron chi connectivity index (χ0n) is 23.2. The molecule has 0 unspecified atom stereocenters. The third-order valence-corrected chi connectivity index (χ3v) is 10.0. The van der Waals surface area contributed by atoms with Crippen LogP contribution in [0.3, 0.4) is 0 Å². The van der Waals surface area contributed by atoms with Gasteiger partial charge in [-0.05, 0) is 96.1 Å². The van der Waals surface area contributed by atoms with Crippen molar-refractivity contribution in [1.82, 2.24) is 0 Å². The lowest BCUT2D eigenvalue weighted by atomic mass is 9.68. The third kappa shape index (κ3) is 2.67. The highest BCUT2D eigenvalue weighted by molar-refractivity contribution is 6.00. The van der Waals surface area contributed by atoms with Crippen LogP contribution in [0.2, 0.25) is 0 Å². The Morgan fingerprint density at radius 2 is 0.854 bits per heavy atom. The molecule has 6 aromatic rings. The second kappa shape index (κ2) is 7.65. The summed E-state index contributed by atoms with van der Waals surface area (Å²) in [5, 5.41) is 0. The quantitative estimate of drug-likeness (QED) is 0.213. The first-order valence-corrected chi connectivity index (χ1v) is 14.5. The Balaban J connectivity index is 1.40. The van der Waals surface area contributed by atoms with E-state index in [1.54, 1.807) is 0 Å². The van der Waals surface area contributed by atoms with Gasteiger partial charge in [0.2, 0.25) is 0 Å². The molecule has 0 saturated carbocycles. The Morgan fingerprint density at radius 1 is 0.415 bits per heavy atom. The van der Waals surface area contributed by atoms with E-state index in [0.717, 1.165) is 5.69 Å². The van der Waals surface area contributed by atoms with Gasteiger partial charge in [-0.15, -0.1) is 0 Å². The molecule has 0 aliphatic heterocycles. The van der Waals surface area contributed by atoms with Gasteiger partial charge in [-0.1, -0.05) is 123 Å². The lowest BCUT2D eigenvalue weighted by Gasteiger charge is -2.32. The Labute approximate surface area is 240 Å². The molecule has 0 fully saturated rings. The van der Waals surface area contributed by atoms with Gasteiger partial charge in [-0.2, -0.15) is 0 Å². The van der Waals surface area contributed by atoms with Crippen molar-refractivity contribution < 1.29 is 0 Å². The predicted molar refractivity (Wildman–Crippen MR) is 170 cm³/mol. The molecule has 2 N–H and O–H groups in total. The van der Waals surface area contributed by atoms with E-state index in [1.807, 2.05) is 0 Å². The molecule has 0 saturated heterocycles. The first-order valence-electron chi connectivity index (χ1n) is 14.5. The van der Waals surface area contributed by atoms with Crippen LogP contribution in [0.25, 0.3) is 44.5 Å². The highest BCUT2D eigenvalue weighted by atomic mass is 14.6. The van der Waals surface area contributed by atoms with Gasteiger partial charge < -0.3 is 5.73 Å².